The van der Waals surface area contributed by atoms with Crippen LogP contribution in [0.2, 0.25) is 0 Å². The molecule has 0 aromatic carbocycles. The minimum absolute atomic E-state index is 0.472. The Morgan fingerprint density at radius 3 is 2.44 bits per heavy atom. The molecule has 4 nitrogen and oxygen atoms in total. The van der Waals surface area contributed by atoms with Gasteiger partial charge in [0.1, 0.15) is 0 Å². The molecule has 4 heteroatoms. The topological polar surface area (TPSA) is 27.7 Å². The van der Waals surface area contributed by atoms with Crippen molar-refractivity contribution < 1.29 is 4.74 Å². The summed E-state index contributed by atoms with van der Waals surface area (Å²) in [6.07, 6.45) is 2.79. The Bertz CT molecular complexity index is 247. The molecule has 106 valence electrons. The summed E-state index contributed by atoms with van der Waals surface area (Å²) in [6.45, 7) is 10.4. The van der Waals surface area contributed by atoms with Crippen LogP contribution in [0.4, 0.5) is 0 Å². The number of hydrogen-bond acceptors (Lipinski definition) is 4. The van der Waals surface area contributed by atoms with Crippen LogP contribution in [0, 0.1) is 5.41 Å². The Labute approximate surface area is 112 Å². The van der Waals surface area contributed by atoms with E-state index in [0.717, 1.165) is 13.2 Å². The summed E-state index contributed by atoms with van der Waals surface area (Å²) in [6, 6.07) is 0.472. The number of hydrogen-bond donors (Lipinski definition) is 1. The summed E-state index contributed by atoms with van der Waals surface area (Å²) in [7, 11) is 3.99. The Morgan fingerprint density at radius 2 is 1.89 bits per heavy atom. The Kier molecular flexibility index (Phi) is 5.01. The highest BCUT2D eigenvalue weighted by atomic mass is 16.5. The molecule has 2 fully saturated rings. The van der Waals surface area contributed by atoms with Gasteiger partial charge in [0.15, 0.2) is 0 Å². The minimum atomic E-state index is 0.472. The molecule has 18 heavy (non-hydrogen) atoms. The molecule has 2 rings (SSSR count). The van der Waals surface area contributed by atoms with E-state index >= 15 is 0 Å². The van der Waals surface area contributed by atoms with Crippen LogP contribution in [0.1, 0.15) is 19.8 Å². The smallest absolute Gasteiger partial charge is 0.0613 e. The first-order chi connectivity index (χ1) is 8.63. The molecule has 0 aromatic heterocycles. The van der Waals surface area contributed by atoms with E-state index in [0.29, 0.717) is 11.5 Å². The maximum absolute atomic E-state index is 5.17. The van der Waals surface area contributed by atoms with Crippen LogP contribution in [0.15, 0.2) is 0 Å². The third-order valence-electron chi connectivity index (χ3n) is 4.35. The molecule has 1 aliphatic carbocycles. The fourth-order valence-corrected chi connectivity index (χ4v) is 2.75. The summed E-state index contributed by atoms with van der Waals surface area (Å²) in [4.78, 5) is 5.07. The SMILES string of the molecule is COCC(C)NCC1(CN2CCN(C)CC2)CC1. The van der Waals surface area contributed by atoms with Crippen molar-refractivity contribution in [2.24, 2.45) is 5.41 Å². The van der Waals surface area contributed by atoms with Crippen molar-refractivity contribution in [3.63, 3.8) is 0 Å². The van der Waals surface area contributed by atoms with Gasteiger partial charge in [0.05, 0.1) is 6.61 Å². The molecule has 0 amide bonds. The quantitative estimate of drug-likeness (QED) is 0.722. The normalized spacial score (nSPS) is 26.2. The van der Waals surface area contributed by atoms with Gasteiger partial charge in [-0.15, -0.1) is 0 Å². The zero-order chi connectivity index (χ0) is 13.0. The van der Waals surface area contributed by atoms with E-state index in [1.54, 1.807) is 7.11 Å². The van der Waals surface area contributed by atoms with Crippen molar-refractivity contribution in [2.45, 2.75) is 25.8 Å². The predicted octanol–water partition coefficient (Wildman–Crippen LogP) is 0.639. The van der Waals surface area contributed by atoms with Crippen molar-refractivity contribution in [3.05, 3.63) is 0 Å². The van der Waals surface area contributed by atoms with E-state index in [2.05, 4.69) is 29.1 Å². The number of nitrogens with zero attached hydrogens (tertiary/aromatic N) is 2. The van der Waals surface area contributed by atoms with Gasteiger partial charge in [0.25, 0.3) is 0 Å². The monoisotopic (exact) mass is 255 g/mol. The fourth-order valence-electron chi connectivity index (χ4n) is 2.75. The first-order valence-corrected chi connectivity index (χ1v) is 7.27. The fraction of sp³-hybridized carbons (Fsp3) is 1.00. The molecule has 0 aromatic rings. The molecule has 1 heterocycles. The van der Waals surface area contributed by atoms with Crippen LogP contribution in [-0.2, 0) is 4.74 Å². The van der Waals surface area contributed by atoms with E-state index in [1.165, 1.54) is 45.6 Å². The van der Waals surface area contributed by atoms with E-state index < -0.39 is 0 Å². The third kappa shape index (κ3) is 4.19. The number of ether oxygens (including phenoxy) is 1. The van der Waals surface area contributed by atoms with Crippen LogP contribution in [-0.4, -0.2) is 75.9 Å². The summed E-state index contributed by atoms with van der Waals surface area (Å²) in [5, 5.41) is 3.62. The summed E-state index contributed by atoms with van der Waals surface area (Å²) in [5.74, 6) is 0. The molecule has 0 bridgehead atoms. The number of piperazine rings is 1. The van der Waals surface area contributed by atoms with E-state index in [9.17, 15) is 0 Å². The number of likely N-dealkylation sites (N-methyl/N-ethyl adjacent to an activating group) is 1. The van der Waals surface area contributed by atoms with Crippen molar-refractivity contribution in [1.29, 1.82) is 0 Å². The molecular weight excluding hydrogens is 226 g/mol. The van der Waals surface area contributed by atoms with E-state index in [4.69, 9.17) is 4.74 Å². The lowest BCUT2D eigenvalue weighted by Gasteiger charge is -2.35. The summed E-state index contributed by atoms with van der Waals surface area (Å²) >= 11 is 0. The largest absolute Gasteiger partial charge is 0.383 e. The second-order valence-electron chi connectivity index (χ2n) is 6.32. The lowest BCUT2D eigenvalue weighted by Crippen LogP contribution is -2.48. The standard InChI is InChI=1S/C14H29N3O/c1-13(10-18-3)15-11-14(4-5-14)12-17-8-6-16(2)7-9-17/h13,15H,4-12H2,1-3H3. The molecule has 1 saturated carbocycles. The molecule has 1 unspecified atom stereocenters. The molecule has 0 radical (unpaired) electrons. The second kappa shape index (κ2) is 6.33. The summed E-state index contributed by atoms with van der Waals surface area (Å²) in [5.41, 5.74) is 0.567. The molecular formula is C14H29N3O. The highest BCUT2D eigenvalue weighted by Gasteiger charge is 2.43. The molecule has 1 saturated heterocycles. The van der Waals surface area contributed by atoms with Gasteiger partial charge in [-0.2, -0.15) is 0 Å². The van der Waals surface area contributed by atoms with Crippen molar-refractivity contribution in [2.75, 3.05) is 60.0 Å². The van der Waals surface area contributed by atoms with Crippen LogP contribution in [0.25, 0.3) is 0 Å². The van der Waals surface area contributed by atoms with Crippen LogP contribution >= 0.6 is 0 Å². The van der Waals surface area contributed by atoms with Gasteiger partial charge < -0.3 is 19.9 Å². The maximum atomic E-state index is 5.17. The number of nitrogens with one attached hydrogen (secondary N) is 1. The van der Waals surface area contributed by atoms with Crippen molar-refractivity contribution in [3.8, 4) is 0 Å². The number of methoxy groups -OCH3 is 1. The Hall–Kier alpha value is -0.160. The molecule has 1 atom stereocenters. The van der Waals surface area contributed by atoms with Gasteiger partial charge in [0.2, 0.25) is 0 Å². The average molecular weight is 255 g/mol. The Morgan fingerprint density at radius 1 is 1.22 bits per heavy atom. The lowest BCUT2D eigenvalue weighted by atomic mass is 10.1. The van der Waals surface area contributed by atoms with Crippen LogP contribution in [0.3, 0.4) is 0 Å². The van der Waals surface area contributed by atoms with E-state index in [-0.39, 0.29) is 0 Å². The average Bonchev–Trinajstić information content (AvgIpc) is 3.11. The van der Waals surface area contributed by atoms with Gasteiger partial charge in [-0.25, -0.2) is 0 Å². The zero-order valence-electron chi connectivity index (χ0n) is 12.2. The molecule has 1 N–H and O–H groups in total. The predicted molar refractivity (Wildman–Crippen MR) is 74.9 cm³/mol. The van der Waals surface area contributed by atoms with Crippen LogP contribution < -0.4 is 5.32 Å². The maximum Gasteiger partial charge on any atom is 0.0613 e. The molecule has 2 aliphatic rings. The lowest BCUT2D eigenvalue weighted by molar-refractivity contribution is 0.125. The second-order valence-corrected chi connectivity index (χ2v) is 6.32. The van der Waals surface area contributed by atoms with Gasteiger partial charge in [-0.1, -0.05) is 0 Å². The highest BCUT2D eigenvalue weighted by molar-refractivity contribution is 4.98. The molecule has 0 spiro atoms. The van der Waals surface area contributed by atoms with E-state index in [1.807, 2.05) is 0 Å². The van der Waals surface area contributed by atoms with Gasteiger partial charge >= 0.3 is 0 Å². The van der Waals surface area contributed by atoms with Crippen molar-refractivity contribution >= 4 is 0 Å². The molecule has 1 aliphatic heterocycles. The third-order valence-corrected chi connectivity index (χ3v) is 4.35. The van der Waals surface area contributed by atoms with Gasteiger partial charge in [-0.3, -0.25) is 0 Å². The van der Waals surface area contributed by atoms with Gasteiger partial charge in [0, 0.05) is 52.4 Å². The number of rotatable bonds is 7. The first kappa shape index (κ1) is 14.3. The summed E-state index contributed by atoms with van der Waals surface area (Å²) < 4.78 is 5.17. The Balaban J connectivity index is 1.68. The minimum Gasteiger partial charge on any atom is -0.383 e. The van der Waals surface area contributed by atoms with Crippen molar-refractivity contribution in [1.82, 2.24) is 15.1 Å². The zero-order valence-corrected chi connectivity index (χ0v) is 12.2. The van der Waals surface area contributed by atoms with Crippen LogP contribution in [0.5, 0.6) is 0 Å². The first-order valence-electron chi connectivity index (χ1n) is 7.27. The van der Waals surface area contributed by atoms with Gasteiger partial charge in [-0.05, 0) is 32.2 Å². The highest BCUT2D eigenvalue weighted by Crippen LogP contribution is 2.45.